The van der Waals surface area contributed by atoms with Gasteiger partial charge in [0.1, 0.15) is 6.17 Å². The van der Waals surface area contributed by atoms with Gasteiger partial charge in [-0.2, -0.15) is 0 Å². The Morgan fingerprint density at radius 1 is 1.40 bits per heavy atom. The Hall–Kier alpha value is -1.04. The molecule has 4 nitrogen and oxygen atoms in total. The van der Waals surface area contributed by atoms with E-state index in [0.29, 0.717) is 6.54 Å². The summed E-state index contributed by atoms with van der Waals surface area (Å²) in [5.74, 6) is 0.179. The van der Waals surface area contributed by atoms with Crippen LogP contribution in [0.5, 0.6) is 0 Å². The normalized spacial score (nSPS) is 20.8. The van der Waals surface area contributed by atoms with Gasteiger partial charge in [-0.1, -0.05) is 12.1 Å². The maximum Gasteiger partial charge on any atom is 0.238 e. The van der Waals surface area contributed by atoms with Gasteiger partial charge in [-0.25, -0.2) is 0 Å². The summed E-state index contributed by atoms with van der Waals surface area (Å²) in [4.78, 5) is 17.5. The predicted octanol–water partition coefficient (Wildman–Crippen LogP) is 1.79. The number of benzene rings is 1. The minimum atomic E-state index is -0.00615. The van der Waals surface area contributed by atoms with Crippen LogP contribution in [0.4, 0.5) is 0 Å². The molecule has 0 saturated carbocycles. The number of nitrogens with one attached hydrogen (secondary N) is 1. The molecule has 0 bridgehead atoms. The predicted molar refractivity (Wildman–Crippen MR) is 83.8 cm³/mol. The van der Waals surface area contributed by atoms with E-state index in [1.54, 1.807) is 11.8 Å². The minimum Gasteiger partial charge on any atom is -0.318 e. The number of rotatable bonds is 5. The highest BCUT2D eigenvalue weighted by Crippen LogP contribution is 2.26. The molecule has 1 aliphatic heterocycles. The second-order valence-electron chi connectivity index (χ2n) is 5.47. The highest BCUT2D eigenvalue weighted by atomic mass is 32.2. The summed E-state index contributed by atoms with van der Waals surface area (Å²) in [5.41, 5.74) is 1.15. The Balaban J connectivity index is 2.18. The molecular weight excluding hydrogens is 270 g/mol. The first-order valence-electron chi connectivity index (χ1n) is 6.86. The van der Waals surface area contributed by atoms with E-state index in [1.165, 1.54) is 4.90 Å². The zero-order chi connectivity index (χ0) is 14.7. The van der Waals surface area contributed by atoms with Gasteiger partial charge in [-0.05, 0) is 45.0 Å². The minimum absolute atomic E-state index is 0.00615. The van der Waals surface area contributed by atoms with Crippen molar-refractivity contribution >= 4 is 17.7 Å². The van der Waals surface area contributed by atoms with E-state index in [9.17, 15) is 4.79 Å². The van der Waals surface area contributed by atoms with Crippen molar-refractivity contribution < 1.29 is 4.79 Å². The zero-order valence-electron chi connectivity index (χ0n) is 12.6. The lowest BCUT2D eigenvalue weighted by Crippen LogP contribution is -2.43. The van der Waals surface area contributed by atoms with E-state index in [0.717, 1.165) is 12.1 Å². The molecule has 2 unspecified atom stereocenters. The van der Waals surface area contributed by atoms with Crippen molar-refractivity contribution in [2.24, 2.45) is 0 Å². The maximum atomic E-state index is 12.1. The van der Waals surface area contributed by atoms with Crippen LogP contribution >= 0.6 is 11.8 Å². The van der Waals surface area contributed by atoms with Gasteiger partial charge >= 0.3 is 0 Å². The van der Waals surface area contributed by atoms with Crippen LogP contribution in [-0.2, 0) is 4.79 Å². The largest absolute Gasteiger partial charge is 0.318 e. The van der Waals surface area contributed by atoms with Crippen LogP contribution in [0.25, 0.3) is 0 Å². The molecule has 0 radical (unpaired) electrons. The molecule has 1 aromatic rings. The molecule has 1 aliphatic rings. The third-order valence-electron chi connectivity index (χ3n) is 3.55. The molecule has 0 aliphatic carbocycles. The van der Waals surface area contributed by atoms with Gasteiger partial charge in [0.05, 0.1) is 6.54 Å². The lowest BCUT2D eigenvalue weighted by molar-refractivity contribution is -0.130. The molecule has 0 aromatic heterocycles. The molecule has 1 N–H and O–H groups in total. The summed E-state index contributed by atoms with van der Waals surface area (Å²) in [6, 6.07) is 8.63. The molecule has 1 saturated heterocycles. The standard InChI is InChI=1S/C15H23N3OS/c1-11(10-17(2)3)18-14(19)9-16-15(18)12-5-7-13(20-4)8-6-12/h5-8,11,15-16H,9-10H2,1-4H3. The average molecular weight is 293 g/mol. The van der Waals surface area contributed by atoms with Gasteiger partial charge in [-0.15, -0.1) is 11.8 Å². The number of nitrogens with zero attached hydrogens (tertiary/aromatic N) is 2. The van der Waals surface area contributed by atoms with Crippen LogP contribution in [0.15, 0.2) is 29.2 Å². The molecule has 20 heavy (non-hydrogen) atoms. The average Bonchev–Trinajstić information content (AvgIpc) is 2.80. The molecule has 0 spiro atoms. The van der Waals surface area contributed by atoms with Crippen molar-refractivity contribution in [1.82, 2.24) is 15.1 Å². The molecule has 1 heterocycles. The molecule has 1 aromatic carbocycles. The van der Waals surface area contributed by atoms with E-state index in [-0.39, 0.29) is 18.1 Å². The quantitative estimate of drug-likeness (QED) is 0.840. The van der Waals surface area contributed by atoms with E-state index in [1.807, 2.05) is 19.0 Å². The molecule has 110 valence electrons. The fourth-order valence-corrected chi connectivity index (χ4v) is 3.11. The van der Waals surface area contributed by atoms with Gasteiger partial charge in [0.25, 0.3) is 0 Å². The number of likely N-dealkylation sites (N-methyl/N-ethyl adjacent to an activating group) is 1. The SMILES string of the molecule is CSc1ccc(C2NCC(=O)N2C(C)CN(C)C)cc1. The zero-order valence-corrected chi connectivity index (χ0v) is 13.4. The Labute approximate surface area is 125 Å². The first-order chi connectivity index (χ1) is 9.52. The van der Waals surface area contributed by atoms with Crippen molar-refractivity contribution in [2.75, 3.05) is 33.4 Å². The van der Waals surface area contributed by atoms with Crippen LogP contribution in [0, 0.1) is 0 Å². The van der Waals surface area contributed by atoms with Gasteiger partial charge in [0.2, 0.25) is 5.91 Å². The Kier molecular flexibility index (Phi) is 5.07. The molecule has 1 fully saturated rings. The number of hydrogen-bond donors (Lipinski definition) is 1. The van der Waals surface area contributed by atoms with Crippen molar-refractivity contribution in [3.05, 3.63) is 29.8 Å². The smallest absolute Gasteiger partial charge is 0.238 e. The molecule has 2 atom stereocenters. The Morgan fingerprint density at radius 3 is 2.60 bits per heavy atom. The Bertz CT molecular complexity index is 461. The number of carbonyl (C=O) groups excluding carboxylic acids is 1. The molecular formula is C15H23N3OS. The van der Waals surface area contributed by atoms with Crippen LogP contribution in [0.1, 0.15) is 18.7 Å². The Morgan fingerprint density at radius 2 is 2.05 bits per heavy atom. The van der Waals surface area contributed by atoms with Crippen LogP contribution in [0.3, 0.4) is 0 Å². The van der Waals surface area contributed by atoms with Crippen molar-refractivity contribution in [2.45, 2.75) is 24.0 Å². The number of thioether (sulfide) groups is 1. The van der Waals surface area contributed by atoms with Crippen molar-refractivity contribution in [1.29, 1.82) is 0 Å². The third-order valence-corrected chi connectivity index (χ3v) is 4.29. The van der Waals surface area contributed by atoms with Gasteiger partial charge in [-0.3, -0.25) is 10.1 Å². The molecule has 2 rings (SSSR count). The lowest BCUT2D eigenvalue weighted by atomic mass is 10.1. The van der Waals surface area contributed by atoms with Crippen LogP contribution in [0.2, 0.25) is 0 Å². The van der Waals surface area contributed by atoms with Gasteiger partial charge in [0, 0.05) is 17.5 Å². The van der Waals surface area contributed by atoms with E-state index in [2.05, 4.69) is 47.7 Å². The molecule has 1 amide bonds. The van der Waals surface area contributed by atoms with Crippen molar-refractivity contribution in [3.8, 4) is 0 Å². The van der Waals surface area contributed by atoms with Crippen LogP contribution < -0.4 is 5.32 Å². The van der Waals surface area contributed by atoms with E-state index in [4.69, 9.17) is 0 Å². The van der Waals surface area contributed by atoms with Gasteiger partial charge < -0.3 is 9.80 Å². The fraction of sp³-hybridized carbons (Fsp3) is 0.533. The topological polar surface area (TPSA) is 35.6 Å². The second kappa shape index (κ2) is 6.61. The summed E-state index contributed by atoms with van der Waals surface area (Å²) in [5, 5.41) is 3.32. The summed E-state index contributed by atoms with van der Waals surface area (Å²) in [7, 11) is 4.07. The first-order valence-corrected chi connectivity index (χ1v) is 8.08. The number of amides is 1. The van der Waals surface area contributed by atoms with E-state index >= 15 is 0 Å². The first kappa shape index (κ1) is 15.4. The van der Waals surface area contributed by atoms with Gasteiger partial charge in [0.15, 0.2) is 0 Å². The monoisotopic (exact) mass is 293 g/mol. The summed E-state index contributed by atoms with van der Waals surface area (Å²) < 4.78 is 0. The third kappa shape index (κ3) is 3.34. The fourth-order valence-electron chi connectivity index (χ4n) is 2.70. The highest BCUT2D eigenvalue weighted by molar-refractivity contribution is 7.98. The lowest BCUT2D eigenvalue weighted by Gasteiger charge is -2.32. The van der Waals surface area contributed by atoms with E-state index < -0.39 is 0 Å². The summed E-state index contributed by atoms with van der Waals surface area (Å²) in [6.07, 6.45) is 2.06. The van der Waals surface area contributed by atoms with Crippen molar-refractivity contribution in [3.63, 3.8) is 0 Å². The molecule has 5 heteroatoms. The highest BCUT2D eigenvalue weighted by Gasteiger charge is 2.34. The maximum absolute atomic E-state index is 12.1. The summed E-state index contributed by atoms with van der Waals surface area (Å²) in [6.45, 7) is 3.40. The number of hydrogen-bond acceptors (Lipinski definition) is 4. The second-order valence-corrected chi connectivity index (χ2v) is 6.35. The van der Waals surface area contributed by atoms with Crippen LogP contribution in [-0.4, -0.2) is 55.2 Å². The number of carbonyl (C=O) groups is 1. The summed E-state index contributed by atoms with van der Waals surface area (Å²) >= 11 is 1.73.